The lowest BCUT2D eigenvalue weighted by atomic mass is 9.92. The number of hydrogen-bond acceptors (Lipinski definition) is 3. The van der Waals surface area contributed by atoms with Crippen molar-refractivity contribution in [2.75, 3.05) is 0 Å². The summed E-state index contributed by atoms with van der Waals surface area (Å²) in [6, 6.07) is 3.52. The van der Waals surface area contributed by atoms with E-state index in [2.05, 4.69) is 31.0 Å². The number of carbonyl (C=O) groups excluding carboxylic acids is 1. The number of nitrogens with zero attached hydrogens (tertiary/aromatic N) is 3. The van der Waals surface area contributed by atoms with Gasteiger partial charge in [0.05, 0.1) is 0 Å². The van der Waals surface area contributed by atoms with E-state index in [4.69, 9.17) is 0 Å². The first-order valence-electron chi connectivity index (χ1n) is 5.28. The molecule has 4 nitrogen and oxygen atoms in total. The number of hydrogen-bond donors (Lipinski definition) is 0. The number of pyridine rings is 1. The Morgan fingerprint density at radius 1 is 1.38 bits per heavy atom. The monoisotopic (exact) mass is 217 g/mol. The van der Waals surface area contributed by atoms with Crippen molar-refractivity contribution in [1.82, 2.24) is 14.6 Å². The minimum absolute atomic E-state index is 0.173. The summed E-state index contributed by atoms with van der Waals surface area (Å²) in [6.45, 7) is 6.48. The third kappa shape index (κ3) is 2.10. The molecule has 0 atom stereocenters. The molecule has 0 aliphatic carbocycles. The highest BCUT2D eigenvalue weighted by Crippen LogP contribution is 2.19. The molecule has 16 heavy (non-hydrogen) atoms. The quantitative estimate of drug-likeness (QED) is 0.724. The molecule has 2 aromatic rings. The maximum Gasteiger partial charge on any atom is 0.161 e. The van der Waals surface area contributed by atoms with Crippen LogP contribution in [0.3, 0.4) is 0 Å². The molecular formula is C12H15N3O. The summed E-state index contributed by atoms with van der Waals surface area (Å²) in [5, 5.41) is 8.22. The van der Waals surface area contributed by atoms with Crippen LogP contribution in [0.2, 0.25) is 0 Å². The third-order valence-corrected chi connectivity index (χ3v) is 2.33. The molecule has 0 spiro atoms. The number of carbonyl (C=O) groups is 1. The summed E-state index contributed by atoms with van der Waals surface area (Å²) in [5.41, 5.74) is 1.53. The zero-order valence-corrected chi connectivity index (χ0v) is 9.77. The Balaban J connectivity index is 2.45. The highest BCUT2D eigenvalue weighted by molar-refractivity contribution is 5.76. The average molecular weight is 217 g/mol. The number of aromatic nitrogens is 3. The largest absolute Gasteiger partial charge is 0.298 e. The van der Waals surface area contributed by atoms with Crippen LogP contribution in [0.5, 0.6) is 0 Å². The van der Waals surface area contributed by atoms with Crippen molar-refractivity contribution < 1.29 is 4.79 Å². The highest BCUT2D eigenvalue weighted by Gasteiger charge is 2.15. The molecule has 0 radical (unpaired) electrons. The van der Waals surface area contributed by atoms with Crippen LogP contribution < -0.4 is 0 Å². The Morgan fingerprint density at radius 3 is 2.75 bits per heavy atom. The van der Waals surface area contributed by atoms with Gasteiger partial charge in [0, 0.05) is 18.2 Å². The van der Waals surface area contributed by atoms with Crippen molar-refractivity contribution in [2.45, 2.75) is 27.2 Å². The van der Waals surface area contributed by atoms with Crippen molar-refractivity contribution in [1.29, 1.82) is 0 Å². The highest BCUT2D eigenvalue weighted by atomic mass is 16.1. The minimum atomic E-state index is 0.173. The van der Waals surface area contributed by atoms with E-state index in [1.807, 2.05) is 10.6 Å². The van der Waals surface area contributed by atoms with Crippen LogP contribution >= 0.6 is 0 Å². The van der Waals surface area contributed by atoms with Gasteiger partial charge >= 0.3 is 0 Å². The Morgan fingerprint density at radius 2 is 2.12 bits per heavy atom. The zero-order chi connectivity index (χ0) is 11.8. The summed E-state index contributed by atoms with van der Waals surface area (Å²) >= 11 is 0. The Hall–Kier alpha value is -1.71. The van der Waals surface area contributed by atoms with Gasteiger partial charge in [0.1, 0.15) is 12.1 Å². The molecule has 0 amide bonds. The van der Waals surface area contributed by atoms with Crippen LogP contribution in [-0.4, -0.2) is 20.9 Å². The Kier molecular flexibility index (Phi) is 2.50. The van der Waals surface area contributed by atoms with Gasteiger partial charge in [-0.3, -0.25) is 9.20 Å². The molecule has 0 fully saturated rings. The average Bonchev–Trinajstić information content (AvgIpc) is 2.58. The fourth-order valence-corrected chi connectivity index (χ4v) is 1.62. The number of fused-ring (bicyclic) bond motifs is 1. The van der Waals surface area contributed by atoms with Gasteiger partial charge in [0.2, 0.25) is 0 Å². The predicted octanol–water partition coefficient (Wildman–Crippen LogP) is 2.13. The van der Waals surface area contributed by atoms with E-state index >= 15 is 0 Å². The molecule has 84 valence electrons. The van der Waals surface area contributed by atoms with Crippen LogP contribution in [0.4, 0.5) is 0 Å². The lowest BCUT2D eigenvalue weighted by molar-refractivity contribution is 0.112. The second-order valence-electron chi connectivity index (χ2n) is 5.16. The first-order valence-corrected chi connectivity index (χ1v) is 5.28. The van der Waals surface area contributed by atoms with Crippen molar-refractivity contribution in [3.8, 4) is 0 Å². The lowest BCUT2D eigenvalue weighted by Crippen LogP contribution is -2.12. The summed E-state index contributed by atoms with van der Waals surface area (Å²) < 4.78 is 1.93. The molecule has 2 aromatic heterocycles. The lowest BCUT2D eigenvalue weighted by Gasteiger charge is -2.16. The zero-order valence-electron chi connectivity index (χ0n) is 9.77. The summed E-state index contributed by atoms with van der Waals surface area (Å²) in [7, 11) is 0. The normalized spacial score (nSPS) is 11.9. The van der Waals surface area contributed by atoms with Crippen LogP contribution in [0, 0.1) is 5.41 Å². The Bertz CT molecular complexity index is 523. The van der Waals surface area contributed by atoms with E-state index in [9.17, 15) is 4.79 Å². The standard InChI is InChI=1S/C12H15N3O/c1-12(2,3)7-11-14-13-10-6-9(8-16)4-5-15(10)11/h4-6,8H,7H2,1-3H3. The molecule has 0 saturated carbocycles. The fraction of sp³-hybridized carbons (Fsp3) is 0.417. The second kappa shape index (κ2) is 3.70. The van der Waals surface area contributed by atoms with Crippen LogP contribution in [0.1, 0.15) is 37.0 Å². The van der Waals surface area contributed by atoms with Crippen LogP contribution in [-0.2, 0) is 6.42 Å². The van der Waals surface area contributed by atoms with Gasteiger partial charge in [-0.15, -0.1) is 10.2 Å². The van der Waals surface area contributed by atoms with Gasteiger partial charge < -0.3 is 0 Å². The molecule has 0 N–H and O–H groups in total. The first-order chi connectivity index (χ1) is 7.49. The molecule has 4 heteroatoms. The molecule has 2 rings (SSSR count). The molecule has 0 aromatic carbocycles. The van der Waals surface area contributed by atoms with Crippen LogP contribution in [0.25, 0.3) is 5.65 Å². The molecule has 0 saturated heterocycles. The summed E-state index contributed by atoms with van der Waals surface area (Å²) in [4.78, 5) is 10.6. The van der Waals surface area contributed by atoms with Crippen molar-refractivity contribution in [3.05, 3.63) is 29.7 Å². The SMILES string of the molecule is CC(C)(C)Cc1nnc2cc(C=O)ccn12. The van der Waals surface area contributed by atoms with Gasteiger partial charge in [0.15, 0.2) is 5.65 Å². The van der Waals surface area contributed by atoms with E-state index in [1.165, 1.54) is 0 Å². The number of rotatable bonds is 2. The van der Waals surface area contributed by atoms with Crippen LogP contribution in [0.15, 0.2) is 18.3 Å². The second-order valence-corrected chi connectivity index (χ2v) is 5.16. The van der Waals surface area contributed by atoms with E-state index in [0.717, 1.165) is 24.2 Å². The van der Waals surface area contributed by atoms with E-state index < -0.39 is 0 Å². The van der Waals surface area contributed by atoms with E-state index in [-0.39, 0.29) is 5.41 Å². The fourth-order valence-electron chi connectivity index (χ4n) is 1.62. The van der Waals surface area contributed by atoms with Gasteiger partial charge in [-0.2, -0.15) is 0 Å². The van der Waals surface area contributed by atoms with E-state index in [1.54, 1.807) is 12.1 Å². The molecule has 0 aliphatic heterocycles. The maximum absolute atomic E-state index is 10.6. The topological polar surface area (TPSA) is 47.3 Å². The van der Waals surface area contributed by atoms with Gasteiger partial charge in [-0.1, -0.05) is 20.8 Å². The van der Waals surface area contributed by atoms with Gasteiger partial charge in [-0.25, -0.2) is 0 Å². The first kappa shape index (κ1) is 10.8. The molecule has 0 bridgehead atoms. The maximum atomic E-state index is 10.6. The van der Waals surface area contributed by atoms with Crippen molar-refractivity contribution in [2.24, 2.45) is 5.41 Å². The number of aldehydes is 1. The minimum Gasteiger partial charge on any atom is -0.298 e. The molecule has 0 unspecified atom stereocenters. The Labute approximate surface area is 94.3 Å². The molecular weight excluding hydrogens is 202 g/mol. The third-order valence-electron chi connectivity index (χ3n) is 2.33. The van der Waals surface area contributed by atoms with E-state index in [0.29, 0.717) is 5.56 Å². The smallest absolute Gasteiger partial charge is 0.161 e. The molecule has 2 heterocycles. The predicted molar refractivity (Wildman–Crippen MR) is 61.5 cm³/mol. The van der Waals surface area contributed by atoms with Gasteiger partial charge in [-0.05, 0) is 17.5 Å². The summed E-state index contributed by atoms with van der Waals surface area (Å²) in [5.74, 6) is 0.931. The van der Waals surface area contributed by atoms with Crippen molar-refractivity contribution in [3.63, 3.8) is 0 Å². The molecule has 0 aliphatic rings. The summed E-state index contributed by atoms with van der Waals surface area (Å²) in [6.07, 6.45) is 3.52. The van der Waals surface area contributed by atoms with Crippen molar-refractivity contribution >= 4 is 11.9 Å². The van der Waals surface area contributed by atoms with Gasteiger partial charge in [0.25, 0.3) is 0 Å².